The standard InChI is InChI=1S/C24H27N3O3S/c1-4-30-20-11-7-10-19(14-20)27-23(29)21(22(28)25-24(27)31)13-17-12-15(2)26(16(17)3)18-8-5-6-9-18/h7,10-14,18H,4-6,8-9H2,1-3H3,(H,25,28,31)/b21-13+. The molecule has 0 atom stereocenters. The Morgan fingerprint density at radius 2 is 1.94 bits per heavy atom. The van der Waals surface area contributed by atoms with Gasteiger partial charge in [0.05, 0.1) is 12.3 Å². The van der Waals surface area contributed by atoms with Crippen molar-refractivity contribution < 1.29 is 14.3 Å². The minimum absolute atomic E-state index is 0.0669. The Bertz CT molecular complexity index is 1080. The monoisotopic (exact) mass is 437 g/mol. The molecule has 2 fully saturated rings. The van der Waals surface area contributed by atoms with Crippen molar-refractivity contribution in [3.8, 4) is 5.75 Å². The number of carbonyl (C=O) groups excluding carboxylic acids is 2. The summed E-state index contributed by atoms with van der Waals surface area (Å²) in [4.78, 5) is 27.4. The van der Waals surface area contributed by atoms with E-state index in [1.807, 2.05) is 19.1 Å². The zero-order valence-electron chi connectivity index (χ0n) is 18.1. The van der Waals surface area contributed by atoms with Crippen LogP contribution in [0.25, 0.3) is 6.08 Å². The molecule has 0 unspecified atom stereocenters. The van der Waals surface area contributed by atoms with E-state index in [2.05, 4.69) is 23.7 Å². The van der Waals surface area contributed by atoms with E-state index in [9.17, 15) is 9.59 Å². The van der Waals surface area contributed by atoms with Crippen molar-refractivity contribution in [2.45, 2.75) is 52.5 Å². The maximum absolute atomic E-state index is 13.3. The highest BCUT2D eigenvalue weighted by atomic mass is 32.1. The second-order valence-electron chi connectivity index (χ2n) is 8.02. The van der Waals surface area contributed by atoms with E-state index < -0.39 is 11.8 Å². The number of hydrogen-bond acceptors (Lipinski definition) is 4. The van der Waals surface area contributed by atoms with Crippen LogP contribution in [0.5, 0.6) is 5.75 Å². The number of rotatable bonds is 5. The van der Waals surface area contributed by atoms with Crippen molar-refractivity contribution in [2.75, 3.05) is 11.5 Å². The van der Waals surface area contributed by atoms with Gasteiger partial charge in [0.2, 0.25) is 0 Å². The molecule has 0 radical (unpaired) electrons. The van der Waals surface area contributed by atoms with Crippen LogP contribution in [-0.4, -0.2) is 28.1 Å². The highest BCUT2D eigenvalue weighted by molar-refractivity contribution is 7.80. The lowest BCUT2D eigenvalue weighted by molar-refractivity contribution is -0.122. The van der Waals surface area contributed by atoms with Gasteiger partial charge in [0.25, 0.3) is 11.8 Å². The quantitative estimate of drug-likeness (QED) is 0.426. The first-order chi connectivity index (χ1) is 14.9. The average molecular weight is 438 g/mol. The Hall–Kier alpha value is -2.93. The molecule has 1 aromatic carbocycles. The van der Waals surface area contributed by atoms with E-state index in [0.717, 1.165) is 17.0 Å². The number of nitrogens with one attached hydrogen (secondary N) is 1. The maximum Gasteiger partial charge on any atom is 0.270 e. The largest absolute Gasteiger partial charge is 0.494 e. The van der Waals surface area contributed by atoms with Crippen LogP contribution in [-0.2, 0) is 9.59 Å². The summed E-state index contributed by atoms with van der Waals surface area (Å²) in [6.07, 6.45) is 6.51. The zero-order valence-corrected chi connectivity index (χ0v) is 18.9. The lowest BCUT2D eigenvalue weighted by atomic mass is 10.1. The minimum atomic E-state index is -0.474. The minimum Gasteiger partial charge on any atom is -0.494 e. The van der Waals surface area contributed by atoms with Gasteiger partial charge in [-0.25, -0.2) is 0 Å². The molecule has 2 aliphatic rings. The van der Waals surface area contributed by atoms with E-state index in [0.29, 0.717) is 24.1 Å². The molecule has 1 aliphatic carbocycles. The van der Waals surface area contributed by atoms with Gasteiger partial charge < -0.3 is 9.30 Å². The van der Waals surface area contributed by atoms with Crippen LogP contribution >= 0.6 is 12.2 Å². The average Bonchev–Trinajstić information content (AvgIpc) is 3.33. The number of anilines is 1. The molecule has 1 aliphatic heterocycles. The Kier molecular flexibility index (Phi) is 5.96. The molecule has 1 N–H and O–H groups in total. The van der Waals surface area contributed by atoms with Crippen LogP contribution in [0.1, 0.15) is 55.6 Å². The lowest BCUT2D eigenvalue weighted by Gasteiger charge is -2.29. The van der Waals surface area contributed by atoms with Gasteiger partial charge in [-0.1, -0.05) is 18.9 Å². The predicted octanol–water partition coefficient (Wildman–Crippen LogP) is 4.45. The van der Waals surface area contributed by atoms with Crippen LogP contribution in [0.3, 0.4) is 0 Å². The summed E-state index contributed by atoms with van der Waals surface area (Å²) in [7, 11) is 0. The fourth-order valence-electron chi connectivity index (χ4n) is 4.60. The number of aryl methyl sites for hydroxylation is 1. The van der Waals surface area contributed by atoms with Crippen LogP contribution < -0.4 is 15.0 Å². The van der Waals surface area contributed by atoms with Crippen molar-refractivity contribution in [1.82, 2.24) is 9.88 Å². The normalized spacial score (nSPS) is 18.7. The van der Waals surface area contributed by atoms with Gasteiger partial charge in [-0.2, -0.15) is 0 Å². The van der Waals surface area contributed by atoms with Gasteiger partial charge in [0.1, 0.15) is 11.3 Å². The second-order valence-corrected chi connectivity index (χ2v) is 8.41. The highest BCUT2D eigenvalue weighted by Crippen LogP contribution is 2.34. The van der Waals surface area contributed by atoms with Crippen molar-refractivity contribution in [3.63, 3.8) is 0 Å². The maximum atomic E-state index is 13.3. The van der Waals surface area contributed by atoms with E-state index in [1.165, 1.54) is 30.6 Å². The first-order valence-corrected chi connectivity index (χ1v) is 11.1. The molecule has 2 heterocycles. The second kappa shape index (κ2) is 8.67. The van der Waals surface area contributed by atoms with Crippen LogP contribution in [0.2, 0.25) is 0 Å². The number of amides is 2. The molecule has 4 rings (SSSR count). The number of carbonyl (C=O) groups is 2. The van der Waals surface area contributed by atoms with Gasteiger partial charge >= 0.3 is 0 Å². The fourth-order valence-corrected chi connectivity index (χ4v) is 4.88. The smallest absolute Gasteiger partial charge is 0.270 e. The third-order valence-corrected chi connectivity index (χ3v) is 6.29. The van der Waals surface area contributed by atoms with Crippen molar-refractivity contribution in [1.29, 1.82) is 0 Å². The van der Waals surface area contributed by atoms with E-state index in [1.54, 1.807) is 24.3 Å². The summed E-state index contributed by atoms with van der Waals surface area (Å²) in [6.45, 7) is 6.54. The van der Waals surface area contributed by atoms with Gasteiger partial charge in [0.15, 0.2) is 5.11 Å². The van der Waals surface area contributed by atoms with Gasteiger partial charge in [-0.05, 0) is 75.7 Å². The third-order valence-electron chi connectivity index (χ3n) is 6.00. The van der Waals surface area contributed by atoms with Crippen LogP contribution in [0, 0.1) is 13.8 Å². The van der Waals surface area contributed by atoms with Crippen molar-refractivity contribution in [2.24, 2.45) is 0 Å². The number of aromatic nitrogens is 1. The Labute approximate surface area is 187 Å². The molecule has 2 amide bonds. The number of benzene rings is 1. The topological polar surface area (TPSA) is 63.6 Å². The summed E-state index contributed by atoms with van der Waals surface area (Å²) in [5.41, 5.74) is 3.75. The molecular formula is C24H27N3O3S. The molecule has 0 spiro atoms. The molecule has 7 heteroatoms. The van der Waals surface area contributed by atoms with Crippen LogP contribution in [0.15, 0.2) is 35.9 Å². The molecular weight excluding hydrogens is 410 g/mol. The first kappa shape index (κ1) is 21.3. The van der Waals surface area contributed by atoms with Crippen LogP contribution in [0.4, 0.5) is 5.69 Å². The van der Waals surface area contributed by atoms with E-state index in [-0.39, 0.29) is 10.7 Å². The molecule has 1 saturated carbocycles. The number of nitrogens with zero attached hydrogens (tertiary/aromatic N) is 2. The fraction of sp³-hybridized carbons (Fsp3) is 0.375. The van der Waals surface area contributed by atoms with Crippen molar-refractivity contribution in [3.05, 3.63) is 52.9 Å². The molecule has 31 heavy (non-hydrogen) atoms. The predicted molar refractivity (Wildman–Crippen MR) is 125 cm³/mol. The summed E-state index contributed by atoms with van der Waals surface area (Å²) >= 11 is 5.31. The molecule has 0 bridgehead atoms. The number of thiocarbonyl (C=S) groups is 1. The summed E-state index contributed by atoms with van der Waals surface area (Å²) < 4.78 is 7.89. The van der Waals surface area contributed by atoms with E-state index >= 15 is 0 Å². The lowest BCUT2D eigenvalue weighted by Crippen LogP contribution is -2.54. The molecule has 1 saturated heterocycles. The number of ether oxygens (including phenoxy) is 1. The molecule has 2 aromatic rings. The molecule has 6 nitrogen and oxygen atoms in total. The summed E-state index contributed by atoms with van der Waals surface area (Å²) in [5, 5.41) is 2.72. The molecule has 1 aromatic heterocycles. The zero-order chi connectivity index (χ0) is 22.1. The SMILES string of the molecule is CCOc1cccc(N2C(=O)/C(=C/c3cc(C)n(C4CCCC4)c3C)C(=O)NC2=S)c1. The Balaban J connectivity index is 1.70. The summed E-state index contributed by atoms with van der Waals surface area (Å²) in [5.74, 6) is -0.274. The Morgan fingerprint density at radius 3 is 2.65 bits per heavy atom. The highest BCUT2D eigenvalue weighted by Gasteiger charge is 2.35. The third kappa shape index (κ3) is 4.02. The Morgan fingerprint density at radius 1 is 1.19 bits per heavy atom. The summed E-state index contributed by atoms with van der Waals surface area (Å²) in [6, 6.07) is 9.67. The van der Waals surface area contributed by atoms with Crippen molar-refractivity contribution >= 4 is 40.9 Å². The molecule has 162 valence electrons. The first-order valence-electron chi connectivity index (χ1n) is 10.7. The van der Waals surface area contributed by atoms with Gasteiger partial charge in [0, 0.05) is 23.5 Å². The van der Waals surface area contributed by atoms with Gasteiger partial charge in [-0.15, -0.1) is 0 Å². The van der Waals surface area contributed by atoms with Gasteiger partial charge in [-0.3, -0.25) is 19.8 Å². The van der Waals surface area contributed by atoms with E-state index in [4.69, 9.17) is 17.0 Å². The number of hydrogen-bond donors (Lipinski definition) is 1.